The zero-order valence-electron chi connectivity index (χ0n) is 29.7. The third-order valence-corrected chi connectivity index (χ3v) is 10.6. The molecule has 2 nitrogen and oxygen atoms in total. The van der Waals surface area contributed by atoms with Gasteiger partial charge in [-0.25, -0.2) is 0 Å². The van der Waals surface area contributed by atoms with Gasteiger partial charge in [0.05, 0.1) is 11.4 Å². The fourth-order valence-corrected chi connectivity index (χ4v) is 7.90. The molecule has 0 aliphatic heterocycles. The van der Waals surface area contributed by atoms with E-state index < -0.39 is 0 Å². The molecule has 0 amide bonds. The average Bonchev–Trinajstić information content (AvgIpc) is 3.24. The van der Waals surface area contributed by atoms with Crippen molar-refractivity contribution in [1.82, 2.24) is 0 Å². The first kappa shape index (κ1) is 31.6. The summed E-state index contributed by atoms with van der Waals surface area (Å²) in [6.07, 6.45) is 0. The molecule has 0 spiro atoms. The first-order valence-corrected chi connectivity index (χ1v) is 18.5. The van der Waals surface area contributed by atoms with Crippen LogP contribution in [-0.2, 0) is 0 Å². The van der Waals surface area contributed by atoms with Gasteiger partial charge >= 0.3 is 0 Å². The van der Waals surface area contributed by atoms with E-state index in [9.17, 15) is 0 Å². The molecule has 0 aliphatic carbocycles. The largest absolute Gasteiger partial charge is 0.310 e. The van der Waals surface area contributed by atoms with E-state index in [0.29, 0.717) is 0 Å². The summed E-state index contributed by atoms with van der Waals surface area (Å²) in [5.41, 5.74) is 9.13. The van der Waals surface area contributed by atoms with Gasteiger partial charge in [0.15, 0.2) is 0 Å². The highest BCUT2D eigenvalue weighted by atomic mass is 15.1. The quantitative estimate of drug-likeness (QED) is 0.164. The van der Waals surface area contributed by atoms with Crippen LogP contribution >= 0.6 is 0 Å². The Bertz CT molecular complexity index is 2730. The van der Waals surface area contributed by atoms with Crippen molar-refractivity contribution in [3.8, 4) is 11.1 Å². The molecule has 0 bridgehead atoms. The summed E-state index contributed by atoms with van der Waals surface area (Å²) in [6.45, 7) is 0. The Hall–Kier alpha value is -7.16. The van der Waals surface area contributed by atoms with Gasteiger partial charge in [-0.15, -0.1) is 0 Å². The molecule has 0 aliphatic rings. The predicted molar refractivity (Wildman–Crippen MR) is 231 cm³/mol. The van der Waals surface area contributed by atoms with E-state index in [4.69, 9.17) is 0 Å². The number of fused-ring (bicyclic) bond motifs is 4. The van der Waals surface area contributed by atoms with Crippen molar-refractivity contribution in [3.63, 3.8) is 0 Å². The lowest BCUT2D eigenvalue weighted by Gasteiger charge is -2.28. The highest BCUT2D eigenvalue weighted by Crippen LogP contribution is 2.42. The highest BCUT2D eigenvalue weighted by Gasteiger charge is 2.18. The first-order valence-electron chi connectivity index (χ1n) is 18.5. The minimum Gasteiger partial charge on any atom is -0.310 e. The summed E-state index contributed by atoms with van der Waals surface area (Å²) in [6, 6.07) is 79.0. The third-order valence-electron chi connectivity index (χ3n) is 10.6. The van der Waals surface area contributed by atoms with E-state index >= 15 is 0 Å². The molecular formula is C52H36N2. The average molecular weight is 689 g/mol. The summed E-state index contributed by atoms with van der Waals surface area (Å²) in [5.74, 6) is 0. The van der Waals surface area contributed by atoms with Gasteiger partial charge in [-0.2, -0.15) is 0 Å². The molecule has 2 heteroatoms. The van der Waals surface area contributed by atoms with E-state index in [-0.39, 0.29) is 0 Å². The molecule has 0 aromatic heterocycles. The van der Waals surface area contributed by atoms with Crippen LogP contribution in [-0.4, -0.2) is 0 Å². The van der Waals surface area contributed by atoms with E-state index in [2.05, 4.69) is 228 Å². The smallest absolute Gasteiger partial charge is 0.0540 e. The normalized spacial score (nSPS) is 11.3. The van der Waals surface area contributed by atoms with E-state index in [1.54, 1.807) is 0 Å². The molecule has 54 heavy (non-hydrogen) atoms. The van der Waals surface area contributed by atoms with Gasteiger partial charge in [-0.1, -0.05) is 158 Å². The minimum absolute atomic E-state index is 1.11. The molecule has 0 saturated carbocycles. The molecule has 0 saturated heterocycles. The molecule has 0 fully saturated rings. The summed E-state index contributed by atoms with van der Waals surface area (Å²) in [4.78, 5) is 4.76. The Morgan fingerprint density at radius 3 is 0.981 bits per heavy atom. The number of rotatable bonds is 7. The fraction of sp³-hybridized carbons (Fsp3) is 0. The van der Waals surface area contributed by atoms with Crippen LogP contribution in [0.3, 0.4) is 0 Å². The maximum atomic E-state index is 2.38. The maximum Gasteiger partial charge on any atom is 0.0540 e. The van der Waals surface area contributed by atoms with E-state index in [1.165, 1.54) is 54.2 Å². The van der Waals surface area contributed by atoms with Crippen LogP contribution < -0.4 is 9.80 Å². The molecule has 10 rings (SSSR count). The van der Waals surface area contributed by atoms with Crippen LogP contribution in [0, 0.1) is 0 Å². The molecular weight excluding hydrogens is 653 g/mol. The Kier molecular flexibility index (Phi) is 7.85. The number of anilines is 6. The first-order chi connectivity index (χ1) is 26.8. The van der Waals surface area contributed by atoms with E-state index in [1.807, 2.05) is 0 Å². The van der Waals surface area contributed by atoms with Crippen LogP contribution in [0.2, 0.25) is 0 Å². The summed E-state index contributed by atoms with van der Waals surface area (Å²) in [7, 11) is 0. The van der Waals surface area contributed by atoms with Gasteiger partial charge in [0.1, 0.15) is 0 Å². The van der Waals surface area contributed by atoms with Gasteiger partial charge in [-0.3, -0.25) is 0 Å². The van der Waals surface area contributed by atoms with Crippen molar-refractivity contribution in [2.75, 3.05) is 9.80 Å². The number of nitrogens with zero attached hydrogens (tertiary/aromatic N) is 2. The van der Waals surface area contributed by atoms with Crippen LogP contribution in [0.15, 0.2) is 218 Å². The fourth-order valence-electron chi connectivity index (χ4n) is 7.90. The van der Waals surface area contributed by atoms with Crippen LogP contribution in [0.5, 0.6) is 0 Å². The highest BCUT2D eigenvalue weighted by molar-refractivity contribution is 6.02. The SMILES string of the molecule is c1ccc2cc(N(c3ccc(-c4ccc(N(c5ccc6ccccc6c5)c5cccc6ccccc56)cc4)cc3)c3cccc4ccccc34)ccc2c1. The molecule has 254 valence electrons. The van der Waals surface area contributed by atoms with Crippen LogP contribution in [0.25, 0.3) is 54.2 Å². The lowest BCUT2D eigenvalue weighted by Crippen LogP contribution is -2.10. The number of hydrogen-bond acceptors (Lipinski definition) is 2. The lowest BCUT2D eigenvalue weighted by atomic mass is 10.0. The topological polar surface area (TPSA) is 6.48 Å². The molecule has 0 unspecified atom stereocenters. The zero-order valence-corrected chi connectivity index (χ0v) is 29.7. The van der Waals surface area contributed by atoms with Crippen molar-refractivity contribution in [3.05, 3.63) is 218 Å². The predicted octanol–water partition coefficient (Wildman–Crippen LogP) is 14.9. The van der Waals surface area contributed by atoms with Gasteiger partial charge in [0.25, 0.3) is 0 Å². The Labute approximate surface area is 315 Å². The standard InChI is InChI=1S/C52H36N2/c1-3-15-43-35-47(33-27-37(43)11-1)53(51-21-9-17-41-13-5-7-19-49(41)51)45-29-23-39(24-30-45)40-25-31-46(32-26-40)54(48-34-28-38-12-2-4-16-44(38)36-48)52-22-10-18-42-14-6-8-20-50(42)52/h1-36H. The zero-order chi connectivity index (χ0) is 35.8. The minimum atomic E-state index is 1.11. The Morgan fingerprint density at radius 1 is 0.222 bits per heavy atom. The van der Waals surface area contributed by atoms with Crippen molar-refractivity contribution in [2.45, 2.75) is 0 Å². The molecule has 0 heterocycles. The number of benzene rings is 10. The lowest BCUT2D eigenvalue weighted by molar-refractivity contribution is 1.30. The second-order valence-corrected chi connectivity index (χ2v) is 13.8. The van der Waals surface area contributed by atoms with Gasteiger partial charge < -0.3 is 9.80 Å². The van der Waals surface area contributed by atoms with Crippen molar-refractivity contribution >= 4 is 77.2 Å². The van der Waals surface area contributed by atoms with Crippen molar-refractivity contribution in [1.29, 1.82) is 0 Å². The van der Waals surface area contributed by atoms with Crippen LogP contribution in [0.1, 0.15) is 0 Å². The monoisotopic (exact) mass is 688 g/mol. The maximum absolute atomic E-state index is 2.38. The van der Waals surface area contributed by atoms with Crippen LogP contribution in [0.4, 0.5) is 34.1 Å². The second-order valence-electron chi connectivity index (χ2n) is 13.8. The van der Waals surface area contributed by atoms with Crippen molar-refractivity contribution < 1.29 is 0 Å². The third kappa shape index (κ3) is 5.71. The Balaban J connectivity index is 1.04. The van der Waals surface area contributed by atoms with Gasteiger partial charge in [-0.05, 0) is 104 Å². The summed E-state index contributed by atoms with van der Waals surface area (Å²) < 4.78 is 0. The molecule has 0 radical (unpaired) electrons. The molecule has 10 aromatic rings. The molecule has 0 N–H and O–H groups in total. The number of hydrogen-bond donors (Lipinski definition) is 0. The van der Waals surface area contributed by atoms with Gasteiger partial charge in [0, 0.05) is 33.5 Å². The van der Waals surface area contributed by atoms with E-state index in [0.717, 1.165) is 34.1 Å². The molecule has 10 aromatic carbocycles. The van der Waals surface area contributed by atoms with Gasteiger partial charge in [0.2, 0.25) is 0 Å². The second kappa shape index (κ2) is 13.4. The Morgan fingerprint density at radius 2 is 0.556 bits per heavy atom. The van der Waals surface area contributed by atoms with Crippen molar-refractivity contribution in [2.24, 2.45) is 0 Å². The summed E-state index contributed by atoms with van der Waals surface area (Å²) >= 11 is 0. The summed E-state index contributed by atoms with van der Waals surface area (Å²) in [5, 5.41) is 9.79. The molecule has 0 atom stereocenters.